The maximum atomic E-state index is 13.4. The van der Waals surface area contributed by atoms with E-state index in [9.17, 15) is 14.5 Å². The first-order chi connectivity index (χ1) is 8.58. The Kier molecular flexibility index (Phi) is 3.73. The molecule has 2 rings (SSSR count). The number of nitro benzene ring substituents is 1. The molecule has 0 aliphatic heterocycles. The van der Waals surface area contributed by atoms with Gasteiger partial charge in [-0.3, -0.25) is 10.1 Å². The number of hydrogen-bond acceptors (Lipinski definition) is 5. The van der Waals surface area contributed by atoms with Gasteiger partial charge in [-0.2, -0.15) is 0 Å². The van der Waals surface area contributed by atoms with Gasteiger partial charge >= 0.3 is 0 Å². The largest absolute Gasteiger partial charge is 0.283 e. The minimum Gasteiger partial charge on any atom is -0.258 e. The SMILES string of the molecule is O=[N+]([O-])c1ccccc1Sc1nc(Cl)ncc1F. The van der Waals surface area contributed by atoms with Crippen LogP contribution in [0.1, 0.15) is 0 Å². The summed E-state index contributed by atoms with van der Waals surface area (Å²) < 4.78 is 13.4. The van der Waals surface area contributed by atoms with Crippen molar-refractivity contribution in [2.75, 3.05) is 0 Å². The number of para-hydroxylation sites is 1. The quantitative estimate of drug-likeness (QED) is 0.374. The Balaban J connectivity index is 2.40. The second-order valence-electron chi connectivity index (χ2n) is 3.12. The van der Waals surface area contributed by atoms with Crippen LogP contribution < -0.4 is 0 Å². The van der Waals surface area contributed by atoms with Crippen molar-refractivity contribution in [1.82, 2.24) is 9.97 Å². The maximum absolute atomic E-state index is 13.4. The van der Waals surface area contributed by atoms with Gasteiger partial charge < -0.3 is 0 Å². The standard InChI is InChI=1S/C10H5ClFN3O2S/c11-10-13-5-6(12)9(14-10)18-8-4-2-1-3-7(8)15(16)17/h1-5H. The Hall–Kier alpha value is -1.73. The van der Waals surface area contributed by atoms with E-state index in [0.29, 0.717) is 0 Å². The molecule has 0 unspecified atom stereocenters. The van der Waals surface area contributed by atoms with Crippen LogP contribution in [0.5, 0.6) is 0 Å². The van der Waals surface area contributed by atoms with E-state index in [1.165, 1.54) is 18.2 Å². The van der Waals surface area contributed by atoms with Gasteiger partial charge in [-0.15, -0.1) is 0 Å². The number of benzene rings is 1. The summed E-state index contributed by atoms with van der Waals surface area (Å²) in [5.41, 5.74) is -0.114. The van der Waals surface area contributed by atoms with Crippen LogP contribution in [-0.4, -0.2) is 14.9 Å². The van der Waals surface area contributed by atoms with E-state index < -0.39 is 10.7 Å². The second-order valence-corrected chi connectivity index (χ2v) is 4.49. The number of aromatic nitrogens is 2. The molecule has 0 saturated heterocycles. The molecular formula is C10H5ClFN3O2S. The van der Waals surface area contributed by atoms with E-state index >= 15 is 0 Å². The fraction of sp³-hybridized carbons (Fsp3) is 0. The fourth-order valence-electron chi connectivity index (χ4n) is 1.20. The molecule has 0 bridgehead atoms. The summed E-state index contributed by atoms with van der Waals surface area (Å²) >= 11 is 6.38. The molecule has 0 saturated carbocycles. The van der Waals surface area contributed by atoms with Gasteiger partial charge in [0.1, 0.15) is 5.03 Å². The highest BCUT2D eigenvalue weighted by Gasteiger charge is 2.16. The average Bonchev–Trinajstić information content (AvgIpc) is 2.34. The van der Waals surface area contributed by atoms with E-state index in [2.05, 4.69) is 9.97 Å². The lowest BCUT2D eigenvalue weighted by Gasteiger charge is -2.03. The van der Waals surface area contributed by atoms with Gasteiger partial charge in [0.25, 0.3) is 5.69 Å². The van der Waals surface area contributed by atoms with Crippen LogP contribution in [0.3, 0.4) is 0 Å². The van der Waals surface area contributed by atoms with Gasteiger partial charge in [-0.25, -0.2) is 14.4 Å². The zero-order valence-electron chi connectivity index (χ0n) is 8.71. The second kappa shape index (κ2) is 5.28. The van der Waals surface area contributed by atoms with Gasteiger partial charge in [0.2, 0.25) is 5.28 Å². The average molecular weight is 286 g/mol. The monoisotopic (exact) mass is 285 g/mol. The Labute approximate surface area is 110 Å². The summed E-state index contributed by atoms with van der Waals surface area (Å²) in [6, 6.07) is 6.00. The van der Waals surface area contributed by atoms with Crippen LogP contribution >= 0.6 is 23.4 Å². The molecule has 1 heterocycles. The molecule has 0 radical (unpaired) electrons. The molecule has 0 N–H and O–H groups in total. The van der Waals surface area contributed by atoms with E-state index in [0.717, 1.165) is 18.0 Å². The fourth-order valence-corrected chi connectivity index (χ4v) is 2.27. The first-order valence-corrected chi connectivity index (χ1v) is 5.86. The molecule has 0 aliphatic rings. The molecule has 8 heteroatoms. The van der Waals surface area contributed by atoms with Crippen LogP contribution in [0.2, 0.25) is 5.28 Å². The third-order valence-electron chi connectivity index (χ3n) is 1.95. The summed E-state index contributed by atoms with van der Waals surface area (Å²) in [7, 11) is 0. The number of rotatable bonds is 3. The summed E-state index contributed by atoms with van der Waals surface area (Å²) in [4.78, 5) is 17.7. The van der Waals surface area contributed by atoms with Crippen LogP contribution in [0, 0.1) is 15.9 Å². The first-order valence-electron chi connectivity index (χ1n) is 4.67. The smallest absolute Gasteiger partial charge is 0.258 e. The van der Waals surface area contributed by atoms with E-state index in [1.807, 2.05) is 0 Å². The Morgan fingerprint density at radius 3 is 2.83 bits per heavy atom. The number of halogens is 2. The van der Waals surface area contributed by atoms with Crippen molar-refractivity contribution in [3.8, 4) is 0 Å². The molecule has 92 valence electrons. The minimum absolute atomic E-state index is 0.0516. The molecular weight excluding hydrogens is 281 g/mol. The van der Waals surface area contributed by atoms with Crippen molar-refractivity contribution in [1.29, 1.82) is 0 Å². The van der Waals surface area contributed by atoms with Gasteiger partial charge in [-0.1, -0.05) is 23.9 Å². The van der Waals surface area contributed by atoms with Crippen molar-refractivity contribution in [2.45, 2.75) is 9.92 Å². The molecule has 18 heavy (non-hydrogen) atoms. The van der Waals surface area contributed by atoms with Crippen molar-refractivity contribution in [3.63, 3.8) is 0 Å². The molecule has 2 aromatic rings. The lowest BCUT2D eigenvalue weighted by atomic mass is 10.3. The molecule has 0 fully saturated rings. The lowest BCUT2D eigenvalue weighted by molar-refractivity contribution is -0.387. The van der Waals surface area contributed by atoms with Crippen molar-refractivity contribution in [3.05, 3.63) is 51.7 Å². The summed E-state index contributed by atoms with van der Waals surface area (Å²) in [5, 5.41) is 10.6. The predicted octanol–water partition coefficient (Wildman–Crippen LogP) is 3.33. The lowest BCUT2D eigenvalue weighted by Crippen LogP contribution is -1.93. The summed E-state index contributed by atoms with van der Waals surface area (Å²) in [5.74, 6) is -0.678. The molecule has 0 spiro atoms. The van der Waals surface area contributed by atoms with Gasteiger partial charge in [0.15, 0.2) is 5.82 Å². The zero-order valence-corrected chi connectivity index (χ0v) is 10.3. The number of nitrogens with zero attached hydrogens (tertiary/aromatic N) is 3. The van der Waals surface area contributed by atoms with Gasteiger partial charge in [0.05, 0.1) is 16.0 Å². The topological polar surface area (TPSA) is 68.9 Å². The Morgan fingerprint density at radius 2 is 2.11 bits per heavy atom. The first kappa shape index (κ1) is 12.7. The summed E-state index contributed by atoms with van der Waals surface area (Å²) in [6.45, 7) is 0. The highest BCUT2D eigenvalue weighted by Crippen LogP contribution is 2.34. The highest BCUT2D eigenvalue weighted by molar-refractivity contribution is 7.99. The summed E-state index contributed by atoms with van der Waals surface area (Å²) in [6.07, 6.45) is 0.923. The predicted molar refractivity (Wildman–Crippen MR) is 64.2 cm³/mol. The van der Waals surface area contributed by atoms with E-state index in [-0.39, 0.29) is 20.9 Å². The van der Waals surface area contributed by atoms with Crippen LogP contribution in [0.4, 0.5) is 10.1 Å². The van der Waals surface area contributed by atoms with Crippen LogP contribution in [-0.2, 0) is 0 Å². The van der Waals surface area contributed by atoms with Gasteiger partial charge in [0, 0.05) is 6.07 Å². The zero-order chi connectivity index (χ0) is 13.1. The third kappa shape index (κ3) is 2.74. The molecule has 0 atom stereocenters. The van der Waals surface area contributed by atoms with E-state index in [1.54, 1.807) is 6.07 Å². The molecule has 0 amide bonds. The molecule has 1 aromatic carbocycles. The number of hydrogen-bond donors (Lipinski definition) is 0. The van der Waals surface area contributed by atoms with E-state index in [4.69, 9.17) is 11.6 Å². The number of nitro groups is 1. The van der Waals surface area contributed by atoms with Crippen molar-refractivity contribution in [2.24, 2.45) is 0 Å². The normalized spacial score (nSPS) is 10.3. The Morgan fingerprint density at radius 1 is 1.39 bits per heavy atom. The molecule has 1 aromatic heterocycles. The maximum Gasteiger partial charge on any atom is 0.283 e. The molecule has 5 nitrogen and oxygen atoms in total. The van der Waals surface area contributed by atoms with Crippen molar-refractivity contribution >= 4 is 29.1 Å². The third-order valence-corrected chi connectivity index (χ3v) is 3.18. The minimum atomic E-state index is -0.678. The van der Waals surface area contributed by atoms with Crippen LogP contribution in [0.25, 0.3) is 0 Å². The van der Waals surface area contributed by atoms with Gasteiger partial charge in [-0.05, 0) is 17.7 Å². The van der Waals surface area contributed by atoms with Crippen LogP contribution in [0.15, 0.2) is 40.4 Å². The van der Waals surface area contributed by atoms with Crippen molar-refractivity contribution < 1.29 is 9.31 Å². The highest BCUT2D eigenvalue weighted by atomic mass is 35.5. The molecule has 0 aliphatic carbocycles. The Bertz CT molecular complexity index is 611.